The van der Waals surface area contributed by atoms with Crippen LogP contribution in [-0.4, -0.2) is 51.5 Å². The van der Waals surface area contributed by atoms with Gasteiger partial charge in [-0.25, -0.2) is 4.39 Å². The van der Waals surface area contributed by atoms with E-state index in [-0.39, 0.29) is 12.5 Å². The third-order valence-corrected chi connectivity index (χ3v) is 5.59. The first-order chi connectivity index (χ1) is 13.4. The van der Waals surface area contributed by atoms with Crippen LogP contribution < -0.4 is 4.74 Å². The number of methoxy groups -OCH3 is 1. The Hall–Kier alpha value is -2.45. The maximum Gasteiger partial charge on any atom is 0.253 e. The minimum Gasteiger partial charge on any atom is -0.483 e. The molecular formula is C20H24FN3O4. The van der Waals surface area contributed by atoms with Gasteiger partial charge in [0.15, 0.2) is 5.75 Å². The SMILES string of the molecule is COCc1ccc(C(=O)N2CCC3(CC2)CC(O)c2nn(C)cc2O3)cc1F. The number of aromatic nitrogens is 2. The topological polar surface area (TPSA) is 76.8 Å². The standard InChI is InChI=1S/C20H24FN3O4/c1-23-11-17-18(22-23)16(25)10-20(28-17)5-7-24(8-6-20)19(26)13-3-4-14(12-27-2)15(21)9-13/h3-4,9,11,16,25H,5-8,10,12H2,1-2H3. The molecule has 0 radical (unpaired) electrons. The van der Waals surface area contributed by atoms with Gasteiger partial charge in [0.2, 0.25) is 0 Å². The van der Waals surface area contributed by atoms with Crippen molar-refractivity contribution in [2.45, 2.75) is 37.6 Å². The second-order valence-corrected chi connectivity index (χ2v) is 7.59. The number of aryl methyl sites for hydroxylation is 1. The van der Waals surface area contributed by atoms with Crippen LogP contribution in [0, 0.1) is 5.82 Å². The number of hydrogen-bond donors (Lipinski definition) is 1. The van der Waals surface area contributed by atoms with E-state index in [0.29, 0.717) is 54.9 Å². The molecule has 1 unspecified atom stereocenters. The molecule has 7 nitrogen and oxygen atoms in total. The first kappa shape index (κ1) is 18.9. The summed E-state index contributed by atoms with van der Waals surface area (Å²) in [4.78, 5) is 14.5. The van der Waals surface area contributed by atoms with Crippen molar-refractivity contribution in [3.63, 3.8) is 0 Å². The summed E-state index contributed by atoms with van der Waals surface area (Å²) in [5, 5.41) is 14.7. The van der Waals surface area contributed by atoms with E-state index in [2.05, 4.69) is 5.10 Å². The largest absolute Gasteiger partial charge is 0.483 e. The van der Waals surface area contributed by atoms with Gasteiger partial charge in [0.25, 0.3) is 5.91 Å². The Bertz CT molecular complexity index is 890. The molecule has 0 aliphatic carbocycles. The monoisotopic (exact) mass is 389 g/mol. The predicted molar refractivity (Wildman–Crippen MR) is 98.4 cm³/mol. The highest BCUT2D eigenvalue weighted by atomic mass is 19.1. The van der Waals surface area contributed by atoms with Crippen molar-refractivity contribution in [3.05, 3.63) is 47.0 Å². The summed E-state index contributed by atoms with van der Waals surface area (Å²) in [6.45, 7) is 1.15. The van der Waals surface area contributed by atoms with Gasteiger partial charge in [-0.1, -0.05) is 6.07 Å². The molecule has 1 N–H and O–H groups in total. The Balaban J connectivity index is 1.44. The fraction of sp³-hybridized carbons (Fsp3) is 0.500. The molecule has 1 amide bonds. The number of halogens is 1. The predicted octanol–water partition coefficient (Wildman–Crippen LogP) is 2.20. The van der Waals surface area contributed by atoms with Crippen LogP contribution in [0.2, 0.25) is 0 Å². The lowest BCUT2D eigenvalue weighted by Gasteiger charge is -2.44. The Morgan fingerprint density at radius 2 is 2.18 bits per heavy atom. The molecule has 2 aliphatic rings. The molecule has 3 heterocycles. The van der Waals surface area contributed by atoms with Crippen LogP contribution in [0.5, 0.6) is 5.75 Å². The average Bonchev–Trinajstić information content (AvgIpc) is 3.04. The van der Waals surface area contributed by atoms with E-state index in [9.17, 15) is 14.3 Å². The number of nitrogens with zero attached hydrogens (tertiary/aromatic N) is 3. The summed E-state index contributed by atoms with van der Waals surface area (Å²) in [5.74, 6) is -0.0306. The fourth-order valence-electron chi connectivity index (χ4n) is 4.08. The van der Waals surface area contributed by atoms with E-state index in [4.69, 9.17) is 9.47 Å². The molecule has 4 rings (SSSR count). The summed E-state index contributed by atoms with van der Waals surface area (Å²) >= 11 is 0. The Labute approximate surface area is 162 Å². The number of rotatable bonds is 3. The number of piperidine rings is 1. The molecular weight excluding hydrogens is 365 g/mol. The van der Waals surface area contributed by atoms with E-state index >= 15 is 0 Å². The van der Waals surface area contributed by atoms with Gasteiger partial charge in [-0.3, -0.25) is 9.48 Å². The van der Waals surface area contributed by atoms with Crippen LogP contribution in [0.4, 0.5) is 4.39 Å². The zero-order valence-corrected chi connectivity index (χ0v) is 16.0. The zero-order valence-electron chi connectivity index (χ0n) is 16.0. The average molecular weight is 389 g/mol. The fourth-order valence-corrected chi connectivity index (χ4v) is 4.08. The number of hydrogen-bond acceptors (Lipinski definition) is 5. The quantitative estimate of drug-likeness (QED) is 0.871. The number of benzene rings is 1. The van der Waals surface area contributed by atoms with Gasteiger partial charge in [-0.05, 0) is 12.1 Å². The molecule has 28 heavy (non-hydrogen) atoms. The summed E-state index contributed by atoms with van der Waals surface area (Å²) in [6.07, 6.45) is 2.76. The van der Waals surface area contributed by atoms with Crippen LogP contribution in [0.1, 0.15) is 47.0 Å². The lowest BCUT2D eigenvalue weighted by Crippen LogP contribution is -2.51. The van der Waals surface area contributed by atoms with Crippen molar-refractivity contribution in [3.8, 4) is 5.75 Å². The maximum absolute atomic E-state index is 14.1. The van der Waals surface area contributed by atoms with Crippen LogP contribution >= 0.6 is 0 Å². The molecule has 2 aromatic rings. The minimum absolute atomic E-state index is 0.169. The molecule has 2 aliphatic heterocycles. The van der Waals surface area contributed by atoms with Crippen LogP contribution in [0.15, 0.2) is 24.4 Å². The first-order valence-corrected chi connectivity index (χ1v) is 9.38. The number of aliphatic hydroxyl groups excluding tert-OH is 1. The van der Waals surface area contributed by atoms with Gasteiger partial charge in [0.05, 0.1) is 12.8 Å². The number of carbonyl (C=O) groups excluding carboxylic acids is 1. The molecule has 8 heteroatoms. The number of amides is 1. The van der Waals surface area contributed by atoms with Crippen molar-refractivity contribution in [2.75, 3.05) is 20.2 Å². The molecule has 1 atom stereocenters. The highest BCUT2D eigenvalue weighted by Gasteiger charge is 2.45. The first-order valence-electron chi connectivity index (χ1n) is 9.38. The molecule has 1 fully saturated rings. The van der Waals surface area contributed by atoms with E-state index in [0.717, 1.165) is 0 Å². The van der Waals surface area contributed by atoms with Crippen LogP contribution in [0.3, 0.4) is 0 Å². The summed E-state index contributed by atoms with van der Waals surface area (Å²) in [7, 11) is 3.29. The third-order valence-electron chi connectivity index (χ3n) is 5.59. The number of likely N-dealkylation sites (tertiary alicyclic amines) is 1. The molecule has 0 bridgehead atoms. The molecule has 150 valence electrons. The Morgan fingerprint density at radius 3 is 2.86 bits per heavy atom. The second kappa shape index (κ2) is 7.18. The van der Waals surface area contributed by atoms with Gasteiger partial charge >= 0.3 is 0 Å². The van der Waals surface area contributed by atoms with Gasteiger partial charge in [-0.2, -0.15) is 5.10 Å². The third kappa shape index (κ3) is 3.38. The number of carbonyl (C=O) groups is 1. The highest BCUT2D eigenvalue weighted by Crippen LogP contribution is 2.43. The highest BCUT2D eigenvalue weighted by molar-refractivity contribution is 5.94. The van der Waals surface area contributed by atoms with E-state index < -0.39 is 17.5 Å². The lowest BCUT2D eigenvalue weighted by atomic mass is 9.83. The Morgan fingerprint density at radius 1 is 1.43 bits per heavy atom. The molecule has 1 aromatic carbocycles. The van der Waals surface area contributed by atoms with Crippen molar-refractivity contribution in [2.24, 2.45) is 7.05 Å². The van der Waals surface area contributed by atoms with Gasteiger partial charge in [-0.15, -0.1) is 0 Å². The smallest absolute Gasteiger partial charge is 0.253 e. The normalized spacial score (nSPS) is 20.7. The van der Waals surface area contributed by atoms with E-state index in [1.54, 1.807) is 35.0 Å². The van der Waals surface area contributed by atoms with E-state index in [1.807, 2.05) is 0 Å². The molecule has 0 saturated carbocycles. The van der Waals surface area contributed by atoms with Gasteiger partial charge in [0, 0.05) is 57.6 Å². The Kier molecular flexibility index (Phi) is 4.84. The number of aliphatic hydroxyl groups is 1. The summed E-state index contributed by atoms with van der Waals surface area (Å²) in [5.41, 5.74) is 0.819. The van der Waals surface area contributed by atoms with Crippen molar-refractivity contribution >= 4 is 5.91 Å². The maximum atomic E-state index is 14.1. The zero-order chi connectivity index (χ0) is 19.9. The second-order valence-electron chi connectivity index (χ2n) is 7.59. The molecule has 1 aromatic heterocycles. The number of ether oxygens (including phenoxy) is 2. The van der Waals surface area contributed by atoms with Crippen molar-refractivity contribution in [1.29, 1.82) is 0 Å². The van der Waals surface area contributed by atoms with Crippen molar-refractivity contribution < 1.29 is 23.8 Å². The summed E-state index contributed by atoms with van der Waals surface area (Å²) < 4.78 is 26.9. The number of fused-ring (bicyclic) bond motifs is 1. The van der Waals surface area contributed by atoms with Crippen LogP contribution in [0.25, 0.3) is 0 Å². The van der Waals surface area contributed by atoms with E-state index in [1.165, 1.54) is 13.2 Å². The minimum atomic E-state index is -0.672. The lowest BCUT2D eigenvalue weighted by molar-refractivity contribution is -0.0504. The summed E-state index contributed by atoms with van der Waals surface area (Å²) in [6, 6.07) is 4.48. The van der Waals surface area contributed by atoms with Gasteiger partial charge in [0.1, 0.15) is 23.2 Å². The van der Waals surface area contributed by atoms with Crippen LogP contribution in [-0.2, 0) is 18.4 Å². The molecule has 1 saturated heterocycles. The van der Waals surface area contributed by atoms with Crippen molar-refractivity contribution in [1.82, 2.24) is 14.7 Å². The molecule has 1 spiro atoms. The van der Waals surface area contributed by atoms with Gasteiger partial charge < -0.3 is 19.5 Å².